The van der Waals surface area contributed by atoms with E-state index in [1.807, 2.05) is 0 Å². The number of aryl methyl sites for hydroxylation is 1. The predicted octanol–water partition coefficient (Wildman–Crippen LogP) is 2.54. The minimum atomic E-state index is -0.565. The zero-order valence-corrected chi connectivity index (χ0v) is 13.8. The molecule has 2 heterocycles. The van der Waals surface area contributed by atoms with Gasteiger partial charge in [-0.3, -0.25) is 4.79 Å². The average Bonchev–Trinajstić information content (AvgIpc) is 3.17. The maximum atomic E-state index is 12.2. The molecule has 3 aromatic rings. The number of amides is 1. The fraction of sp³-hybridized carbons (Fsp3) is 0.188. The second-order valence-corrected chi connectivity index (χ2v) is 5.42. The molecule has 8 heteroatoms. The molecule has 0 aliphatic heterocycles. The number of benzene rings is 1. The number of methoxy groups -OCH3 is 1. The number of halogens is 1. The molecular formula is C16H14ClN3O4. The second kappa shape index (κ2) is 6.37. The Morgan fingerprint density at radius 2 is 2.12 bits per heavy atom. The van der Waals surface area contributed by atoms with Crippen molar-refractivity contribution in [3.8, 4) is 0 Å². The molecule has 1 aromatic carbocycles. The standard InChI is InChI=1S/C16H14ClN3O4/c1-20-12-5-3-9(7-11(12)19-16(20)17)14(21)18-8-10-4-6-13(24-10)15(22)23-2/h3-7H,8H2,1-2H3,(H,18,21). The van der Waals surface area contributed by atoms with E-state index in [0.29, 0.717) is 22.1 Å². The van der Waals surface area contributed by atoms with E-state index < -0.39 is 5.97 Å². The van der Waals surface area contributed by atoms with Crippen molar-refractivity contribution >= 4 is 34.5 Å². The smallest absolute Gasteiger partial charge is 0.373 e. The first-order chi connectivity index (χ1) is 11.5. The largest absolute Gasteiger partial charge is 0.463 e. The molecule has 0 atom stereocenters. The lowest BCUT2D eigenvalue weighted by Gasteiger charge is -2.04. The summed E-state index contributed by atoms with van der Waals surface area (Å²) in [7, 11) is 3.07. The van der Waals surface area contributed by atoms with E-state index in [4.69, 9.17) is 16.0 Å². The topological polar surface area (TPSA) is 86.4 Å². The van der Waals surface area contributed by atoms with Crippen LogP contribution in [-0.2, 0) is 18.3 Å². The molecule has 1 N–H and O–H groups in total. The first-order valence-corrected chi connectivity index (χ1v) is 7.44. The molecule has 1 amide bonds. The molecule has 0 spiro atoms. The van der Waals surface area contributed by atoms with Gasteiger partial charge in [-0.05, 0) is 41.9 Å². The zero-order chi connectivity index (χ0) is 17.3. The first-order valence-electron chi connectivity index (χ1n) is 7.07. The summed E-state index contributed by atoms with van der Waals surface area (Å²) in [5, 5.41) is 3.07. The Morgan fingerprint density at radius 3 is 2.88 bits per heavy atom. The summed E-state index contributed by atoms with van der Waals surface area (Å²) < 4.78 is 11.6. The van der Waals surface area contributed by atoms with Crippen molar-refractivity contribution in [3.05, 3.63) is 52.7 Å². The van der Waals surface area contributed by atoms with Crippen LogP contribution in [0.5, 0.6) is 0 Å². The highest BCUT2D eigenvalue weighted by atomic mass is 35.5. The summed E-state index contributed by atoms with van der Waals surface area (Å²) in [6.07, 6.45) is 0. The highest BCUT2D eigenvalue weighted by Crippen LogP contribution is 2.19. The first kappa shape index (κ1) is 16.1. The Labute approximate surface area is 142 Å². The van der Waals surface area contributed by atoms with Gasteiger partial charge in [0.1, 0.15) is 5.76 Å². The number of esters is 1. The number of furan rings is 1. The number of hydrogen-bond donors (Lipinski definition) is 1. The van der Waals surface area contributed by atoms with Crippen LogP contribution in [0.4, 0.5) is 0 Å². The number of rotatable bonds is 4. The fourth-order valence-corrected chi connectivity index (χ4v) is 2.45. The summed E-state index contributed by atoms with van der Waals surface area (Å²) in [5.41, 5.74) is 1.93. The number of imidazole rings is 1. The van der Waals surface area contributed by atoms with Crippen molar-refractivity contribution in [2.75, 3.05) is 7.11 Å². The number of hydrogen-bond acceptors (Lipinski definition) is 5. The molecule has 0 saturated carbocycles. The molecule has 0 unspecified atom stereocenters. The lowest BCUT2D eigenvalue weighted by molar-refractivity contribution is 0.0563. The van der Waals surface area contributed by atoms with E-state index in [-0.39, 0.29) is 18.2 Å². The van der Waals surface area contributed by atoms with Gasteiger partial charge in [0.25, 0.3) is 5.91 Å². The molecule has 0 aliphatic rings. The monoisotopic (exact) mass is 347 g/mol. The minimum absolute atomic E-state index is 0.0892. The lowest BCUT2D eigenvalue weighted by atomic mass is 10.2. The Kier molecular flexibility index (Phi) is 4.26. The highest BCUT2D eigenvalue weighted by Gasteiger charge is 2.13. The van der Waals surface area contributed by atoms with Crippen LogP contribution in [0.25, 0.3) is 11.0 Å². The third-order valence-corrected chi connectivity index (χ3v) is 3.90. The van der Waals surface area contributed by atoms with E-state index in [0.717, 1.165) is 5.52 Å². The van der Waals surface area contributed by atoms with Gasteiger partial charge < -0.3 is 19.0 Å². The van der Waals surface area contributed by atoms with Crippen LogP contribution >= 0.6 is 11.6 Å². The highest BCUT2D eigenvalue weighted by molar-refractivity contribution is 6.29. The van der Waals surface area contributed by atoms with Crippen molar-refractivity contribution in [2.24, 2.45) is 7.05 Å². The summed E-state index contributed by atoms with van der Waals surface area (Å²) in [6, 6.07) is 8.24. The maximum absolute atomic E-state index is 12.2. The number of carbonyl (C=O) groups excluding carboxylic acids is 2. The van der Waals surface area contributed by atoms with Crippen LogP contribution in [0.1, 0.15) is 26.7 Å². The molecule has 0 saturated heterocycles. The molecule has 0 aliphatic carbocycles. The number of fused-ring (bicyclic) bond motifs is 1. The Balaban J connectivity index is 1.71. The van der Waals surface area contributed by atoms with Crippen LogP contribution in [0.15, 0.2) is 34.7 Å². The second-order valence-electron chi connectivity index (χ2n) is 5.08. The molecule has 124 valence electrons. The van der Waals surface area contributed by atoms with E-state index >= 15 is 0 Å². The Morgan fingerprint density at radius 1 is 1.33 bits per heavy atom. The van der Waals surface area contributed by atoms with Crippen LogP contribution < -0.4 is 5.32 Å². The van der Waals surface area contributed by atoms with Gasteiger partial charge in [-0.1, -0.05) is 0 Å². The van der Waals surface area contributed by atoms with E-state index in [1.165, 1.54) is 13.2 Å². The molecule has 0 radical (unpaired) electrons. The average molecular weight is 348 g/mol. The number of nitrogens with one attached hydrogen (secondary N) is 1. The summed E-state index contributed by atoms with van der Waals surface area (Å²) >= 11 is 5.97. The third-order valence-electron chi connectivity index (χ3n) is 3.56. The van der Waals surface area contributed by atoms with Gasteiger partial charge in [0.15, 0.2) is 0 Å². The van der Waals surface area contributed by atoms with Crippen molar-refractivity contribution < 1.29 is 18.7 Å². The van der Waals surface area contributed by atoms with Gasteiger partial charge in [-0.25, -0.2) is 9.78 Å². The van der Waals surface area contributed by atoms with Crippen molar-refractivity contribution in [2.45, 2.75) is 6.54 Å². The van der Waals surface area contributed by atoms with Crippen LogP contribution in [0, 0.1) is 0 Å². The summed E-state index contributed by atoms with van der Waals surface area (Å²) in [6.45, 7) is 0.150. The van der Waals surface area contributed by atoms with E-state index in [2.05, 4.69) is 15.0 Å². The molecular weight excluding hydrogens is 334 g/mol. The van der Waals surface area contributed by atoms with E-state index in [1.54, 1.807) is 35.9 Å². The predicted molar refractivity (Wildman–Crippen MR) is 86.9 cm³/mol. The third kappa shape index (κ3) is 2.98. The van der Waals surface area contributed by atoms with Crippen LogP contribution in [0.2, 0.25) is 5.28 Å². The summed E-state index contributed by atoms with van der Waals surface area (Å²) in [4.78, 5) is 27.7. The molecule has 3 rings (SSSR count). The zero-order valence-electron chi connectivity index (χ0n) is 13.0. The fourth-order valence-electron chi connectivity index (χ4n) is 2.26. The van der Waals surface area contributed by atoms with Crippen molar-refractivity contribution in [1.29, 1.82) is 0 Å². The van der Waals surface area contributed by atoms with Gasteiger partial charge in [0.2, 0.25) is 11.0 Å². The molecule has 2 aromatic heterocycles. The van der Waals surface area contributed by atoms with Crippen LogP contribution in [-0.4, -0.2) is 28.5 Å². The Bertz CT molecular complexity index is 929. The summed E-state index contributed by atoms with van der Waals surface area (Å²) in [5.74, 6) is -0.309. The molecule has 7 nitrogen and oxygen atoms in total. The van der Waals surface area contributed by atoms with Crippen molar-refractivity contribution in [3.63, 3.8) is 0 Å². The van der Waals surface area contributed by atoms with Gasteiger partial charge >= 0.3 is 5.97 Å². The SMILES string of the molecule is COC(=O)c1ccc(CNC(=O)c2ccc3c(c2)nc(Cl)n3C)o1. The lowest BCUT2D eigenvalue weighted by Crippen LogP contribution is -2.22. The van der Waals surface area contributed by atoms with Gasteiger partial charge in [-0.15, -0.1) is 0 Å². The van der Waals surface area contributed by atoms with Gasteiger partial charge in [0, 0.05) is 12.6 Å². The molecule has 0 fully saturated rings. The number of nitrogens with zero attached hydrogens (tertiary/aromatic N) is 2. The van der Waals surface area contributed by atoms with Gasteiger partial charge in [0.05, 0.1) is 24.7 Å². The number of aromatic nitrogens is 2. The quantitative estimate of drug-likeness (QED) is 0.733. The minimum Gasteiger partial charge on any atom is -0.463 e. The van der Waals surface area contributed by atoms with Crippen LogP contribution in [0.3, 0.4) is 0 Å². The normalized spacial score (nSPS) is 10.8. The Hall–Kier alpha value is -2.80. The van der Waals surface area contributed by atoms with E-state index in [9.17, 15) is 9.59 Å². The maximum Gasteiger partial charge on any atom is 0.373 e. The number of carbonyl (C=O) groups is 2. The van der Waals surface area contributed by atoms with Crippen molar-refractivity contribution in [1.82, 2.24) is 14.9 Å². The molecule has 24 heavy (non-hydrogen) atoms. The number of ether oxygens (including phenoxy) is 1. The van der Waals surface area contributed by atoms with Gasteiger partial charge in [-0.2, -0.15) is 0 Å². The molecule has 0 bridgehead atoms.